The van der Waals surface area contributed by atoms with Gasteiger partial charge in [0.2, 0.25) is 0 Å². The van der Waals surface area contributed by atoms with Crippen LogP contribution in [0.1, 0.15) is 30.7 Å². The lowest BCUT2D eigenvalue weighted by molar-refractivity contribution is 0.450. The van der Waals surface area contributed by atoms with Crippen LogP contribution < -0.4 is 10.3 Å². The van der Waals surface area contributed by atoms with Gasteiger partial charge >= 0.3 is 0 Å². The highest BCUT2D eigenvalue weighted by Crippen LogP contribution is 2.22. The molecule has 0 saturated carbocycles. The van der Waals surface area contributed by atoms with E-state index in [4.69, 9.17) is 0 Å². The van der Waals surface area contributed by atoms with E-state index in [1.165, 1.54) is 37.6 Å². The van der Waals surface area contributed by atoms with Gasteiger partial charge in [0.15, 0.2) is 5.82 Å². The van der Waals surface area contributed by atoms with E-state index >= 15 is 0 Å². The molecule has 7 nitrogen and oxygen atoms in total. The summed E-state index contributed by atoms with van der Waals surface area (Å²) in [5.74, 6) is 2.18. The summed E-state index contributed by atoms with van der Waals surface area (Å²) in [7, 11) is 0. The summed E-state index contributed by atoms with van der Waals surface area (Å²) in [6, 6.07) is 6.22. The molecular weight excluding hydrogens is 306 g/mol. The summed E-state index contributed by atoms with van der Waals surface area (Å²) in [4.78, 5) is 11.1. The monoisotopic (exact) mass is 327 g/mol. The molecule has 0 radical (unpaired) electrons. The molecule has 1 aromatic heterocycles. The number of hydrazone groups is 1. The van der Waals surface area contributed by atoms with Crippen LogP contribution in [0.25, 0.3) is 0 Å². The molecule has 0 unspecified atom stereocenters. The number of piperidine rings is 1. The van der Waals surface area contributed by atoms with E-state index in [9.17, 15) is 10.2 Å². The van der Waals surface area contributed by atoms with Crippen LogP contribution in [0.3, 0.4) is 0 Å². The first-order valence-electron chi connectivity index (χ1n) is 8.03. The number of aryl methyl sites for hydroxylation is 1. The Labute approximate surface area is 140 Å². The summed E-state index contributed by atoms with van der Waals surface area (Å²) in [5, 5.41) is 23.1. The highest BCUT2D eigenvalue weighted by Gasteiger charge is 2.13. The van der Waals surface area contributed by atoms with Crippen LogP contribution in [0.4, 0.5) is 11.6 Å². The highest BCUT2D eigenvalue weighted by molar-refractivity contribution is 5.84. The molecule has 3 rings (SSSR count). The van der Waals surface area contributed by atoms with E-state index in [1.54, 1.807) is 6.07 Å². The molecule has 2 heterocycles. The van der Waals surface area contributed by atoms with Gasteiger partial charge in [-0.15, -0.1) is 0 Å². The fraction of sp³-hybridized carbons (Fsp3) is 0.353. The van der Waals surface area contributed by atoms with Gasteiger partial charge in [-0.2, -0.15) is 5.10 Å². The molecule has 24 heavy (non-hydrogen) atoms. The number of hydrogen-bond donors (Lipinski definition) is 3. The van der Waals surface area contributed by atoms with Crippen LogP contribution in [0, 0.1) is 6.92 Å². The van der Waals surface area contributed by atoms with Gasteiger partial charge in [0.1, 0.15) is 23.1 Å². The van der Waals surface area contributed by atoms with Crippen molar-refractivity contribution in [3.05, 3.63) is 35.7 Å². The van der Waals surface area contributed by atoms with Crippen LogP contribution in [-0.2, 0) is 0 Å². The van der Waals surface area contributed by atoms with Crippen molar-refractivity contribution in [1.82, 2.24) is 9.97 Å². The first-order valence-corrected chi connectivity index (χ1v) is 8.03. The molecular formula is C17H21N5O2. The SMILES string of the molecule is Cc1nc(N/N=C/c2ccc(O)cc2O)cc(N2CCCCC2)n1. The minimum absolute atomic E-state index is 0.00945. The zero-order chi connectivity index (χ0) is 16.9. The first-order chi connectivity index (χ1) is 11.6. The van der Waals surface area contributed by atoms with Gasteiger partial charge in [-0.25, -0.2) is 9.97 Å². The van der Waals surface area contributed by atoms with Gasteiger partial charge < -0.3 is 15.1 Å². The van der Waals surface area contributed by atoms with Gasteiger partial charge in [0.25, 0.3) is 0 Å². The molecule has 0 bridgehead atoms. The number of hydrogen-bond acceptors (Lipinski definition) is 7. The van der Waals surface area contributed by atoms with E-state index in [2.05, 4.69) is 25.4 Å². The molecule has 1 aromatic carbocycles. The number of phenols is 2. The second-order valence-corrected chi connectivity index (χ2v) is 5.82. The molecule has 0 atom stereocenters. The number of rotatable bonds is 4. The predicted octanol–water partition coefficient (Wildman–Crippen LogP) is 2.63. The Kier molecular flexibility index (Phi) is 4.79. The van der Waals surface area contributed by atoms with Crippen molar-refractivity contribution in [2.24, 2.45) is 5.10 Å². The van der Waals surface area contributed by atoms with E-state index in [-0.39, 0.29) is 11.5 Å². The smallest absolute Gasteiger partial charge is 0.152 e. The van der Waals surface area contributed by atoms with Crippen molar-refractivity contribution in [2.75, 3.05) is 23.4 Å². The molecule has 2 aromatic rings. The largest absolute Gasteiger partial charge is 0.508 e. The number of aromatic hydroxyl groups is 2. The number of nitrogens with zero attached hydrogens (tertiary/aromatic N) is 4. The molecule has 3 N–H and O–H groups in total. The van der Waals surface area contributed by atoms with E-state index in [1.807, 2.05) is 13.0 Å². The normalized spacial score (nSPS) is 15.0. The maximum Gasteiger partial charge on any atom is 0.152 e. The Hall–Kier alpha value is -2.83. The Morgan fingerprint density at radius 1 is 1.12 bits per heavy atom. The summed E-state index contributed by atoms with van der Waals surface area (Å²) >= 11 is 0. The Morgan fingerprint density at radius 2 is 1.92 bits per heavy atom. The third-order valence-electron chi connectivity index (χ3n) is 3.90. The number of nitrogens with one attached hydrogen (secondary N) is 1. The highest BCUT2D eigenvalue weighted by atomic mass is 16.3. The van der Waals surface area contributed by atoms with Crippen LogP contribution in [0.5, 0.6) is 11.5 Å². The Bertz CT molecular complexity index is 742. The second-order valence-electron chi connectivity index (χ2n) is 5.82. The van der Waals surface area contributed by atoms with Crippen LogP contribution >= 0.6 is 0 Å². The van der Waals surface area contributed by atoms with E-state index in [0.29, 0.717) is 17.2 Å². The van der Waals surface area contributed by atoms with Crippen LogP contribution in [0.15, 0.2) is 29.4 Å². The molecule has 0 amide bonds. The van der Waals surface area contributed by atoms with Crippen LogP contribution in [-0.4, -0.2) is 39.5 Å². The zero-order valence-electron chi connectivity index (χ0n) is 13.6. The van der Waals surface area contributed by atoms with E-state index < -0.39 is 0 Å². The summed E-state index contributed by atoms with van der Waals surface area (Å²) in [6.45, 7) is 3.88. The average molecular weight is 327 g/mol. The minimum atomic E-state index is -0.0339. The summed E-state index contributed by atoms with van der Waals surface area (Å²) in [5.41, 5.74) is 3.38. The number of anilines is 2. The molecule has 0 spiro atoms. The maximum atomic E-state index is 9.74. The molecule has 7 heteroatoms. The first kappa shape index (κ1) is 16.0. The third kappa shape index (κ3) is 3.92. The minimum Gasteiger partial charge on any atom is -0.508 e. The lowest BCUT2D eigenvalue weighted by atomic mass is 10.1. The number of benzene rings is 1. The van der Waals surface area contributed by atoms with E-state index in [0.717, 1.165) is 18.9 Å². The topological polar surface area (TPSA) is 93.9 Å². The molecule has 1 aliphatic rings. The van der Waals surface area contributed by atoms with Crippen molar-refractivity contribution < 1.29 is 10.2 Å². The van der Waals surface area contributed by atoms with Crippen molar-refractivity contribution in [2.45, 2.75) is 26.2 Å². The van der Waals surface area contributed by atoms with Gasteiger partial charge in [0.05, 0.1) is 6.21 Å². The summed E-state index contributed by atoms with van der Waals surface area (Å²) in [6.07, 6.45) is 5.12. The van der Waals surface area contributed by atoms with Crippen molar-refractivity contribution in [3.63, 3.8) is 0 Å². The molecule has 0 aliphatic carbocycles. The average Bonchev–Trinajstić information content (AvgIpc) is 2.57. The maximum absolute atomic E-state index is 9.74. The fourth-order valence-electron chi connectivity index (χ4n) is 2.70. The van der Waals surface area contributed by atoms with Crippen molar-refractivity contribution >= 4 is 17.9 Å². The third-order valence-corrected chi connectivity index (χ3v) is 3.90. The molecule has 1 saturated heterocycles. The van der Waals surface area contributed by atoms with Gasteiger partial charge in [0, 0.05) is 30.8 Å². The summed E-state index contributed by atoms with van der Waals surface area (Å²) < 4.78 is 0. The molecule has 1 fully saturated rings. The standard InChI is InChI=1S/C17H21N5O2/c1-12-19-16(10-17(20-12)22-7-3-2-4-8-22)21-18-11-13-5-6-14(23)9-15(13)24/h5-6,9-11,23-24H,2-4,7-8H2,1H3,(H,19,20,21)/b18-11+. The lowest BCUT2D eigenvalue weighted by Crippen LogP contribution is -2.30. The molecule has 1 aliphatic heterocycles. The Balaban J connectivity index is 1.72. The number of phenolic OH excluding ortho intramolecular Hbond substituents is 2. The van der Waals surface area contributed by atoms with Gasteiger partial charge in [-0.3, -0.25) is 5.43 Å². The van der Waals surface area contributed by atoms with Crippen molar-refractivity contribution in [1.29, 1.82) is 0 Å². The second kappa shape index (κ2) is 7.16. The lowest BCUT2D eigenvalue weighted by Gasteiger charge is -2.27. The number of aromatic nitrogens is 2. The Morgan fingerprint density at radius 3 is 2.67 bits per heavy atom. The van der Waals surface area contributed by atoms with Crippen molar-refractivity contribution in [3.8, 4) is 11.5 Å². The predicted molar refractivity (Wildman–Crippen MR) is 93.8 cm³/mol. The molecule has 126 valence electrons. The quantitative estimate of drug-likeness (QED) is 0.590. The zero-order valence-corrected chi connectivity index (χ0v) is 13.6. The van der Waals surface area contributed by atoms with Gasteiger partial charge in [-0.1, -0.05) is 0 Å². The van der Waals surface area contributed by atoms with Gasteiger partial charge in [-0.05, 0) is 38.3 Å². The van der Waals surface area contributed by atoms with Crippen LogP contribution in [0.2, 0.25) is 0 Å². The fourth-order valence-corrected chi connectivity index (χ4v) is 2.70.